The molecule has 1 unspecified atom stereocenters. The zero-order valence-electron chi connectivity index (χ0n) is 12.9. The van der Waals surface area contributed by atoms with Gasteiger partial charge in [-0.1, -0.05) is 0 Å². The van der Waals surface area contributed by atoms with Crippen molar-refractivity contribution in [3.63, 3.8) is 0 Å². The summed E-state index contributed by atoms with van der Waals surface area (Å²) in [6.07, 6.45) is 1.99. The van der Waals surface area contributed by atoms with Crippen molar-refractivity contribution in [2.75, 3.05) is 42.2 Å². The van der Waals surface area contributed by atoms with Gasteiger partial charge in [-0.3, -0.25) is 10.1 Å². The molecule has 0 spiro atoms. The van der Waals surface area contributed by atoms with E-state index in [4.69, 9.17) is 10.5 Å². The van der Waals surface area contributed by atoms with Gasteiger partial charge in [-0.15, -0.1) is 0 Å². The van der Waals surface area contributed by atoms with E-state index in [-0.39, 0.29) is 23.4 Å². The first kappa shape index (κ1) is 16.2. The van der Waals surface area contributed by atoms with Gasteiger partial charge in [-0.05, 0) is 26.7 Å². The molecule has 1 saturated heterocycles. The number of aromatic nitrogens is 2. The second kappa shape index (κ2) is 7.21. The lowest BCUT2D eigenvalue weighted by atomic mass is 10.2. The number of hydrogen-bond acceptors (Lipinski definition) is 8. The molecule has 9 heteroatoms. The molecule has 1 atom stereocenters. The Labute approximate surface area is 129 Å². The number of rotatable bonds is 7. The van der Waals surface area contributed by atoms with Gasteiger partial charge >= 0.3 is 5.69 Å². The highest BCUT2D eigenvalue weighted by Crippen LogP contribution is 2.30. The van der Waals surface area contributed by atoms with Crippen LogP contribution in [0.3, 0.4) is 0 Å². The van der Waals surface area contributed by atoms with Gasteiger partial charge in [0, 0.05) is 26.2 Å². The van der Waals surface area contributed by atoms with Gasteiger partial charge in [0.05, 0.1) is 11.0 Å². The molecule has 0 saturated carbocycles. The van der Waals surface area contributed by atoms with Crippen molar-refractivity contribution in [3.05, 3.63) is 10.1 Å². The first-order valence-electron chi connectivity index (χ1n) is 7.49. The fourth-order valence-electron chi connectivity index (χ4n) is 2.43. The summed E-state index contributed by atoms with van der Waals surface area (Å²) in [5.74, 6) is 0.412. The second-order valence-corrected chi connectivity index (χ2v) is 5.05. The van der Waals surface area contributed by atoms with Gasteiger partial charge in [0.15, 0.2) is 0 Å². The van der Waals surface area contributed by atoms with E-state index >= 15 is 0 Å². The van der Waals surface area contributed by atoms with Crippen LogP contribution in [-0.2, 0) is 4.74 Å². The summed E-state index contributed by atoms with van der Waals surface area (Å²) in [6.45, 7) is 6.51. The first-order valence-corrected chi connectivity index (χ1v) is 7.49. The molecule has 1 aliphatic heterocycles. The Balaban J connectivity index is 2.27. The molecule has 0 bridgehead atoms. The molecule has 9 nitrogen and oxygen atoms in total. The van der Waals surface area contributed by atoms with Crippen LogP contribution in [0, 0.1) is 10.1 Å². The lowest BCUT2D eigenvalue weighted by Gasteiger charge is -2.20. The Morgan fingerprint density at radius 2 is 2.18 bits per heavy atom. The summed E-state index contributed by atoms with van der Waals surface area (Å²) in [5, 5.41) is 14.2. The van der Waals surface area contributed by atoms with Crippen molar-refractivity contribution >= 4 is 23.3 Å². The van der Waals surface area contributed by atoms with Crippen molar-refractivity contribution in [1.82, 2.24) is 9.97 Å². The van der Waals surface area contributed by atoms with Crippen molar-refractivity contribution in [2.45, 2.75) is 32.8 Å². The second-order valence-electron chi connectivity index (χ2n) is 5.05. The number of anilines is 3. The number of nitrogen functional groups attached to an aromatic ring is 1. The van der Waals surface area contributed by atoms with Crippen LogP contribution < -0.4 is 16.0 Å². The SMILES string of the molecule is CCN(CC)c1nc(N)c([N+](=O)[O-])c(NCC2CCCO2)n1. The first-order chi connectivity index (χ1) is 10.6. The largest absolute Gasteiger partial charge is 0.378 e. The molecule has 2 rings (SSSR count). The Kier molecular flexibility index (Phi) is 5.31. The lowest BCUT2D eigenvalue weighted by molar-refractivity contribution is -0.383. The summed E-state index contributed by atoms with van der Waals surface area (Å²) in [6, 6.07) is 0. The summed E-state index contributed by atoms with van der Waals surface area (Å²) >= 11 is 0. The molecular weight excluding hydrogens is 288 g/mol. The fourth-order valence-corrected chi connectivity index (χ4v) is 2.43. The number of nitrogens with one attached hydrogen (secondary N) is 1. The Morgan fingerprint density at radius 1 is 1.45 bits per heavy atom. The van der Waals surface area contributed by atoms with E-state index in [1.807, 2.05) is 18.7 Å². The van der Waals surface area contributed by atoms with Gasteiger partial charge in [-0.2, -0.15) is 9.97 Å². The van der Waals surface area contributed by atoms with Crippen LogP contribution in [0.25, 0.3) is 0 Å². The molecule has 0 aromatic carbocycles. The minimum atomic E-state index is -0.556. The van der Waals surface area contributed by atoms with E-state index in [1.54, 1.807) is 0 Å². The van der Waals surface area contributed by atoms with Crippen LogP contribution in [0.4, 0.5) is 23.3 Å². The zero-order valence-corrected chi connectivity index (χ0v) is 12.9. The number of nitro groups is 1. The predicted molar refractivity (Wildman–Crippen MR) is 84.1 cm³/mol. The lowest BCUT2D eigenvalue weighted by Crippen LogP contribution is -2.26. The van der Waals surface area contributed by atoms with Gasteiger partial charge in [0.2, 0.25) is 17.6 Å². The van der Waals surface area contributed by atoms with E-state index < -0.39 is 4.92 Å². The minimum absolute atomic E-state index is 0.0488. The molecule has 0 radical (unpaired) electrons. The third-order valence-electron chi connectivity index (χ3n) is 3.65. The van der Waals surface area contributed by atoms with Crippen LogP contribution in [0.1, 0.15) is 26.7 Å². The third kappa shape index (κ3) is 3.53. The highest BCUT2D eigenvalue weighted by molar-refractivity contribution is 5.70. The maximum atomic E-state index is 11.2. The number of hydrogen-bond donors (Lipinski definition) is 2. The maximum absolute atomic E-state index is 11.2. The smallest absolute Gasteiger partial charge is 0.353 e. The van der Waals surface area contributed by atoms with E-state index in [2.05, 4.69) is 15.3 Å². The number of nitrogens with zero attached hydrogens (tertiary/aromatic N) is 4. The van der Waals surface area contributed by atoms with Crippen molar-refractivity contribution < 1.29 is 9.66 Å². The quantitative estimate of drug-likeness (QED) is 0.573. The third-order valence-corrected chi connectivity index (χ3v) is 3.65. The summed E-state index contributed by atoms with van der Waals surface area (Å²) in [4.78, 5) is 20.9. The molecule has 1 aromatic rings. The molecule has 0 aliphatic carbocycles. The Morgan fingerprint density at radius 3 is 2.73 bits per heavy atom. The highest BCUT2D eigenvalue weighted by Gasteiger charge is 2.25. The zero-order chi connectivity index (χ0) is 16.1. The molecule has 3 N–H and O–H groups in total. The average Bonchev–Trinajstić information content (AvgIpc) is 2.98. The van der Waals surface area contributed by atoms with Gasteiger partial charge in [0.1, 0.15) is 0 Å². The standard InChI is InChI=1S/C13H22N6O3/c1-3-18(4-2)13-16-11(14)10(19(20)21)12(17-13)15-8-9-6-5-7-22-9/h9H,3-8H2,1-2H3,(H3,14,15,16,17). The molecule has 2 heterocycles. The molecule has 1 aliphatic rings. The van der Waals surface area contributed by atoms with Crippen LogP contribution >= 0.6 is 0 Å². The van der Waals surface area contributed by atoms with Crippen LogP contribution in [-0.4, -0.2) is 47.2 Å². The molecule has 0 amide bonds. The molecule has 122 valence electrons. The molecule has 22 heavy (non-hydrogen) atoms. The van der Waals surface area contributed by atoms with Crippen LogP contribution in [0.5, 0.6) is 0 Å². The van der Waals surface area contributed by atoms with E-state index in [0.29, 0.717) is 25.6 Å². The minimum Gasteiger partial charge on any atom is -0.378 e. The van der Waals surface area contributed by atoms with E-state index in [0.717, 1.165) is 19.4 Å². The molecule has 1 fully saturated rings. The Bertz CT molecular complexity index is 529. The van der Waals surface area contributed by atoms with Crippen molar-refractivity contribution in [1.29, 1.82) is 0 Å². The maximum Gasteiger partial charge on any atom is 0.353 e. The van der Waals surface area contributed by atoms with Gasteiger partial charge < -0.3 is 20.7 Å². The van der Waals surface area contributed by atoms with Crippen molar-refractivity contribution in [2.24, 2.45) is 0 Å². The normalized spacial score (nSPS) is 17.5. The number of ether oxygens (including phenoxy) is 1. The summed E-state index contributed by atoms with van der Waals surface area (Å²) < 4.78 is 5.51. The van der Waals surface area contributed by atoms with Crippen LogP contribution in [0.15, 0.2) is 0 Å². The highest BCUT2D eigenvalue weighted by atomic mass is 16.6. The van der Waals surface area contributed by atoms with E-state index in [1.165, 1.54) is 0 Å². The van der Waals surface area contributed by atoms with Gasteiger partial charge in [-0.25, -0.2) is 0 Å². The fraction of sp³-hybridized carbons (Fsp3) is 0.692. The topological polar surface area (TPSA) is 119 Å². The predicted octanol–water partition coefficient (Wildman–Crippen LogP) is 1.40. The van der Waals surface area contributed by atoms with Crippen LogP contribution in [0.2, 0.25) is 0 Å². The summed E-state index contributed by atoms with van der Waals surface area (Å²) in [7, 11) is 0. The molecule has 1 aromatic heterocycles. The Hall–Kier alpha value is -2.16. The number of nitrogens with two attached hydrogens (primary N) is 1. The monoisotopic (exact) mass is 310 g/mol. The van der Waals surface area contributed by atoms with Crippen molar-refractivity contribution in [3.8, 4) is 0 Å². The summed E-state index contributed by atoms with van der Waals surface area (Å²) in [5.41, 5.74) is 5.48. The molecular formula is C13H22N6O3. The van der Waals surface area contributed by atoms with E-state index in [9.17, 15) is 10.1 Å². The average molecular weight is 310 g/mol. The van der Waals surface area contributed by atoms with Gasteiger partial charge in [0.25, 0.3) is 0 Å².